The second-order valence-electron chi connectivity index (χ2n) is 18.6. The van der Waals surface area contributed by atoms with Gasteiger partial charge in [0.05, 0.1) is 31.2 Å². The van der Waals surface area contributed by atoms with Crippen LogP contribution in [0.2, 0.25) is 0 Å². The Hall–Kier alpha value is -6.62. The molecule has 2 aromatic heterocycles. The maximum atomic E-state index is 15.7. The molecule has 2 atom stereocenters. The van der Waals surface area contributed by atoms with Crippen LogP contribution in [0.3, 0.4) is 0 Å². The minimum absolute atomic E-state index is 0.103. The molecule has 1 saturated carbocycles. The highest BCUT2D eigenvalue weighted by Crippen LogP contribution is 2.46. The molecule has 3 aromatic carbocycles. The summed E-state index contributed by atoms with van der Waals surface area (Å²) in [7, 11) is -0.105. The number of hydrogen-bond donors (Lipinski definition) is 4. The van der Waals surface area contributed by atoms with Crippen LogP contribution in [-0.2, 0) is 39.0 Å². The van der Waals surface area contributed by atoms with Crippen LogP contribution in [0.15, 0.2) is 67.1 Å². The fraction of sp³-hybridized carbons (Fsp3) is 0.420. The van der Waals surface area contributed by atoms with Gasteiger partial charge in [-0.3, -0.25) is 34.1 Å². The van der Waals surface area contributed by atoms with Crippen LogP contribution in [-0.4, -0.2) is 124 Å². The lowest BCUT2D eigenvalue weighted by Crippen LogP contribution is -2.55. The van der Waals surface area contributed by atoms with E-state index >= 15 is 4.57 Å². The van der Waals surface area contributed by atoms with Crippen molar-refractivity contribution in [2.75, 3.05) is 68.6 Å². The summed E-state index contributed by atoms with van der Waals surface area (Å²) in [5.41, 5.74) is 5.71. The highest BCUT2D eigenvalue weighted by molar-refractivity contribution is 7.78. The number of aromatic nitrogens is 4. The van der Waals surface area contributed by atoms with Crippen LogP contribution in [0, 0.1) is 0 Å². The lowest BCUT2D eigenvalue weighted by Gasteiger charge is -2.44. The highest BCUT2D eigenvalue weighted by Gasteiger charge is 2.43. The fourth-order valence-electron chi connectivity index (χ4n) is 10.2. The van der Waals surface area contributed by atoms with Crippen molar-refractivity contribution in [2.24, 2.45) is 7.05 Å². The van der Waals surface area contributed by atoms with Crippen LogP contribution in [0.1, 0.15) is 66.9 Å². The molecule has 4 N–H and O–H groups in total. The third kappa shape index (κ3) is 9.20. The summed E-state index contributed by atoms with van der Waals surface area (Å²) in [6, 6.07) is 14.5. The largest absolute Gasteiger partial charge is 0.494 e. The van der Waals surface area contributed by atoms with E-state index in [0.717, 1.165) is 62.3 Å². The van der Waals surface area contributed by atoms with E-state index in [9.17, 15) is 19.2 Å². The van der Waals surface area contributed by atoms with Crippen LogP contribution < -0.4 is 46.2 Å². The molecule has 4 aliphatic heterocycles. The van der Waals surface area contributed by atoms with E-state index in [-0.39, 0.29) is 49.0 Å². The van der Waals surface area contributed by atoms with Gasteiger partial charge in [-0.05, 0) is 55.4 Å². The molecule has 0 bridgehead atoms. The van der Waals surface area contributed by atoms with E-state index in [2.05, 4.69) is 43.1 Å². The summed E-state index contributed by atoms with van der Waals surface area (Å²) in [5.74, 6) is 0.833. The summed E-state index contributed by atoms with van der Waals surface area (Å²) in [4.78, 5) is 67.6. The number of ketones is 1. The number of amides is 3. The maximum absolute atomic E-state index is 15.7. The molecule has 6 heterocycles. The number of hydrogen-bond acceptors (Lipinski definition) is 15. The number of nitrogens with one attached hydrogen (secondary N) is 4. The number of methoxy groups -OCH3 is 1. The minimum atomic E-state index is -3.55. The molecule has 3 saturated heterocycles. The normalized spacial score (nSPS) is 21.6. The van der Waals surface area contributed by atoms with Crippen molar-refractivity contribution >= 4 is 70.1 Å². The van der Waals surface area contributed by atoms with Gasteiger partial charge in [-0.2, -0.15) is 10.1 Å². The third-order valence-corrected chi connectivity index (χ3v) is 16.8. The molecule has 0 spiro atoms. The third-order valence-electron chi connectivity index (χ3n) is 14.2. The SMILES string of the molecule is CCc1cc(Nc2ncc(-c3cnn(C)c3)c(Nc3ccccc3P(C)(=O)c3cc(OC4CC(N5CCNCC5)C4)c4c(c3)C(=O)N(C3CCC(=O)NC3=O)C4)n2)c(OC)cc1N1CCC(=O)CC1. The summed E-state index contributed by atoms with van der Waals surface area (Å²) >= 11 is 0. The number of imide groups is 1. The van der Waals surface area contributed by atoms with E-state index in [0.29, 0.717) is 88.0 Å². The molecule has 5 aromatic rings. The Morgan fingerprint density at radius 1 is 0.899 bits per heavy atom. The average molecular weight is 956 g/mol. The molecular formula is C50H58N11O7P. The number of carbonyl (C=O) groups is 4. The van der Waals surface area contributed by atoms with Crippen molar-refractivity contribution in [3.63, 3.8) is 0 Å². The number of rotatable bonds is 14. The maximum Gasteiger partial charge on any atom is 0.255 e. The van der Waals surface area contributed by atoms with Crippen LogP contribution in [0.5, 0.6) is 11.5 Å². The van der Waals surface area contributed by atoms with Crippen LogP contribution in [0.25, 0.3) is 11.1 Å². The van der Waals surface area contributed by atoms with Gasteiger partial charge in [-0.1, -0.05) is 19.1 Å². The Kier molecular flexibility index (Phi) is 12.7. The topological polar surface area (TPSA) is 205 Å². The van der Waals surface area contributed by atoms with Gasteiger partial charge in [0.15, 0.2) is 0 Å². The van der Waals surface area contributed by atoms with Gasteiger partial charge in [0.25, 0.3) is 5.91 Å². The van der Waals surface area contributed by atoms with Gasteiger partial charge < -0.3 is 39.8 Å². The first kappa shape index (κ1) is 46.1. The zero-order valence-corrected chi connectivity index (χ0v) is 40.3. The molecule has 0 radical (unpaired) electrons. The summed E-state index contributed by atoms with van der Waals surface area (Å²) in [6.07, 6.45) is 9.00. The Morgan fingerprint density at radius 3 is 2.41 bits per heavy atom. The number of piperidine rings is 2. The second kappa shape index (κ2) is 19.1. The Morgan fingerprint density at radius 2 is 1.68 bits per heavy atom. The molecule has 5 aliphatic rings. The molecule has 360 valence electrons. The van der Waals surface area contributed by atoms with E-state index in [1.807, 2.05) is 55.7 Å². The molecular weight excluding hydrogens is 898 g/mol. The Balaban J connectivity index is 0.984. The number of benzene rings is 3. The zero-order valence-electron chi connectivity index (χ0n) is 39.4. The Labute approximate surface area is 400 Å². The van der Waals surface area contributed by atoms with Gasteiger partial charge in [0, 0.05) is 141 Å². The molecule has 3 amide bonds. The van der Waals surface area contributed by atoms with Crippen molar-refractivity contribution in [3.8, 4) is 22.6 Å². The van der Waals surface area contributed by atoms with E-state index in [1.54, 1.807) is 36.9 Å². The molecule has 10 rings (SSSR count). The fourth-order valence-corrected chi connectivity index (χ4v) is 12.2. The first-order valence-corrected chi connectivity index (χ1v) is 26.0. The van der Waals surface area contributed by atoms with Gasteiger partial charge >= 0.3 is 0 Å². The standard InChI is InChI=1S/C50H58N11O7P/c1-5-30-20-40(44(67-3)25-42(30)60-16-12-33(62)13-17-60)55-50-52-27-37(31-26-53-58(2)28-31)47(57-50)54-39-8-6-7-9-45(39)69(4,66)35-23-36-38(29-61(49(36)65)41-10-11-46(63)56-48(41)64)43(24-35)68-34-21-32(22-34)59-18-14-51-15-19-59/h6-9,20,23-28,32,34,41,51H,5,10-19,21-22,29H2,1-4H3,(H,56,63,64)(H2,52,54,55,57). The number of aryl methyl sites for hydroxylation is 2. The van der Waals surface area contributed by atoms with Gasteiger partial charge in [0.1, 0.15) is 42.4 Å². The quantitative estimate of drug-likeness (QED) is 0.0886. The number of piperazine rings is 1. The van der Waals surface area contributed by atoms with Crippen LogP contribution in [0.4, 0.5) is 28.8 Å². The van der Waals surface area contributed by atoms with E-state index in [1.165, 1.54) is 4.90 Å². The van der Waals surface area contributed by atoms with Crippen molar-refractivity contribution in [2.45, 2.75) is 76.6 Å². The number of nitrogens with zero attached hydrogens (tertiary/aromatic N) is 7. The van der Waals surface area contributed by atoms with Crippen molar-refractivity contribution in [3.05, 3.63) is 83.8 Å². The number of anilines is 5. The predicted octanol–water partition coefficient (Wildman–Crippen LogP) is 4.62. The predicted molar refractivity (Wildman–Crippen MR) is 263 cm³/mol. The monoisotopic (exact) mass is 955 g/mol. The van der Waals surface area contributed by atoms with E-state index in [4.69, 9.17) is 19.4 Å². The number of carbonyl (C=O) groups excluding carboxylic acids is 4. The number of Topliss-reactive ketones (excluding diaryl/α,β-unsaturated/α-hetero) is 1. The highest BCUT2D eigenvalue weighted by atomic mass is 31.2. The summed E-state index contributed by atoms with van der Waals surface area (Å²) < 4.78 is 30.1. The van der Waals surface area contributed by atoms with Gasteiger partial charge in [-0.15, -0.1) is 0 Å². The minimum Gasteiger partial charge on any atom is -0.494 e. The van der Waals surface area contributed by atoms with Crippen molar-refractivity contribution in [1.82, 2.24) is 40.2 Å². The number of ether oxygens (including phenoxy) is 2. The molecule has 4 fully saturated rings. The molecule has 69 heavy (non-hydrogen) atoms. The Bertz CT molecular complexity index is 2880. The molecule has 1 aliphatic carbocycles. The first-order valence-electron chi connectivity index (χ1n) is 23.8. The lowest BCUT2D eigenvalue weighted by atomic mass is 9.87. The first-order chi connectivity index (χ1) is 33.4. The zero-order chi connectivity index (χ0) is 48.0. The average Bonchev–Trinajstić information content (AvgIpc) is 3.92. The number of fused-ring (bicyclic) bond motifs is 1. The lowest BCUT2D eigenvalue weighted by molar-refractivity contribution is -0.137. The van der Waals surface area contributed by atoms with Crippen molar-refractivity contribution < 1.29 is 33.2 Å². The number of para-hydroxylation sites is 1. The second-order valence-corrected chi connectivity index (χ2v) is 21.5. The molecule has 18 nitrogen and oxygen atoms in total. The van der Waals surface area contributed by atoms with Gasteiger partial charge in [-0.25, -0.2) is 4.98 Å². The molecule has 2 unspecified atom stereocenters. The summed E-state index contributed by atoms with van der Waals surface area (Å²) in [5, 5.41) is 18.1. The van der Waals surface area contributed by atoms with E-state index < -0.39 is 19.1 Å². The van der Waals surface area contributed by atoms with Crippen LogP contribution >= 0.6 is 7.14 Å². The molecule has 19 heteroatoms. The van der Waals surface area contributed by atoms with Gasteiger partial charge in [0.2, 0.25) is 17.8 Å². The summed E-state index contributed by atoms with van der Waals surface area (Å²) in [6.45, 7) is 9.09. The van der Waals surface area contributed by atoms with Crippen molar-refractivity contribution in [1.29, 1.82) is 0 Å². The smallest absolute Gasteiger partial charge is 0.255 e.